The highest BCUT2D eigenvalue weighted by Crippen LogP contribution is 2.31. The quantitative estimate of drug-likeness (QED) is 0.322. The molecule has 1 aliphatic rings. The number of thioether (sulfide) groups is 1. The van der Waals surface area contributed by atoms with Gasteiger partial charge in [0.25, 0.3) is 5.56 Å². The first-order valence-electron chi connectivity index (χ1n) is 9.36. The predicted molar refractivity (Wildman–Crippen MR) is 118 cm³/mol. The Morgan fingerprint density at radius 2 is 2.00 bits per heavy atom. The maximum absolute atomic E-state index is 13.0. The van der Waals surface area contributed by atoms with Crippen molar-refractivity contribution in [1.29, 1.82) is 0 Å². The average Bonchev–Trinajstić information content (AvgIpc) is 2.74. The van der Waals surface area contributed by atoms with E-state index < -0.39 is 6.10 Å². The van der Waals surface area contributed by atoms with Crippen LogP contribution in [0.2, 0.25) is 0 Å². The van der Waals surface area contributed by atoms with Crippen molar-refractivity contribution in [2.75, 3.05) is 19.0 Å². The molecular weight excluding hydrogens is 472 g/mol. The molecule has 0 saturated heterocycles. The molecule has 1 aromatic heterocycles. The Bertz CT molecular complexity index is 1180. The molecule has 1 atom stereocenters. The summed E-state index contributed by atoms with van der Waals surface area (Å²) in [6.07, 6.45) is -0.734. The van der Waals surface area contributed by atoms with Gasteiger partial charge in [0.1, 0.15) is 13.2 Å². The second kappa shape index (κ2) is 8.79. The number of aromatic nitrogens is 2. The number of hydrogen-bond donors (Lipinski definition) is 1. The Labute approximate surface area is 185 Å². The molecule has 0 saturated carbocycles. The molecule has 0 radical (unpaired) electrons. The fourth-order valence-corrected chi connectivity index (χ4v) is 4.40. The molecule has 30 heavy (non-hydrogen) atoms. The summed E-state index contributed by atoms with van der Waals surface area (Å²) >= 11 is 4.54. The Kier molecular flexibility index (Phi) is 6.12. The number of ether oxygens (including phenoxy) is 2. The molecule has 3 aromatic rings. The molecule has 9 heteroatoms. The lowest BCUT2D eigenvalue weighted by molar-refractivity contribution is 0.102. The lowest BCUT2D eigenvalue weighted by Gasteiger charge is -2.18. The van der Waals surface area contributed by atoms with Gasteiger partial charge in [-0.05, 0) is 43.3 Å². The van der Waals surface area contributed by atoms with E-state index in [9.17, 15) is 14.7 Å². The summed E-state index contributed by atoms with van der Waals surface area (Å²) in [5.41, 5.74) is 0.789. The van der Waals surface area contributed by atoms with Crippen LogP contribution in [0.25, 0.3) is 10.9 Å². The molecular formula is C21H19BrN2O5S. The van der Waals surface area contributed by atoms with E-state index in [1.54, 1.807) is 37.3 Å². The van der Waals surface area contributed by atoms with Crippen LogP contribution in [0.5, 0.6) is 11.5 Å². The number of carbonyl (C=O) groups is 1. The van der Waals surface area contributed by atoms with Gasteiger partial charge < -0.3 is 14.6 Å². The van der Waals surface area contributed by atoms with E-state index in [1.807, 2.05) is 6.07 Å². The molecule has 1 aliphatic heterocycles. The fourth-order valence-electron chi connectivity index (χ4n) is 3.14. The van der Waals surface area contributed by atoms with Gasteiger partial charge in [-0.25, -0.2) is 4.98 Å². The molecule has 0 fully saturated rings. The molecule has 0 bridgehead atoms. The first-order valence-corrected chi connectivity index (χ1v) is 11.1. The third kappa shape index (κ3) is 4.38. The number of Topliss-reactive ketones (excluding diaryl/α,β-unsaturated/α-hetero) is 1. The highest BCUT2D eigenvalue weighted by Gasteiger charge is 2.18. The van der Waals surface area contributed by atoms with Gasteiger partial charge in [-0.3, -0.25) is 14.2 Å². The zero-order chi connectivity index (χ0) is 21.3. The molecule has 0 spiro atoms. The first kappa shape index (κ1) is 20.9. The zero-order valence-corrected chi connectivity index (χ0v) is 18.5. The van der Waals surface area contributed by atoms with Gasteiger partial charge in [0, 0.05) is 10.0 Å². The Morgan fingerprint density at radius 3 is 2.77 bits per heavy atom. The Morgan fingerprint density at radius 1 is 1.23 bits per heavy atom. The molecule has 1 N–H and O–H groups in total. The van der Waals surface area contributed by atoms with Crippen molar-refractivity contribution in [3.8, 4) is 11.5 Å². The van der Waals surface area contributed by atoms with Crippen molar-refractivity contribution in [3.05, 3.63) is 56.8 Å². The minimum Gasteiger partial charge on any atom is -0.486 e. The predicted octanol–water partition coefficient (Wildman–Crippen LogP) is 3.29. The molecule has 4 rings (SSSR count). The van der Waals surface area contributed by atoms with Gasteiger partial charge in [-0.1, -0.05) is 27.7 Å². The van der Waals surface area contributed by atoms with E-state index in [0.29, 0.717) is 46.3 Å². The smallest absolute Gasteiger partial charge is 0.262 e. The summed E-state index contributed by atoms with van der Waals surface area (Å²) in [6.45, 7) is 2.63. The minimum atomic E-state index is -0.734. The SMILES string of the molecule is C[C@H](O)Cn1c(SCC(=O)c2ccc3c(c2)OCCO3)nc2ccc(Br)cc2c1=O. The number of benzene rings is 2. The van der Waals surface area contributed by atoms with E-state index in [-0.39, 0.29) is 23.6 Å². The van der Waals surface area contributed by atoms with E-state index in [1.165, 1.54) is 16.3 Å². The van der Waals surface area contributed by atoms with Crippen molar-refractivity contribution >= 4 is 44.4 Å². The molecule has 2 aromatic carbocycles. The van der Waals surface area contributed by atoms with Gasteiger partial charge >= 0.3 is 0 Å². The van der Waals surface area contributed by atoms with Crippen LogP contribution in [0.15, 0.2) is 50.8 Å². The highest BCUT2D eigenvalue weighted by atomic mass is 79.9. The van der Waals surface area contributed by atoms with Crippen molar-refractivity contribution in [1.82, 2.24) is 9.55 Å². The number of ketones is 1. The van der Waals surface area contributed by atoms with E-state index in [4.69, 9.17) is 9.47 Å². The number of carbonyl (C=O) groups excluding carboxylic acids is 1. The summed E-state index contributed by atoms with van der Waals surface area (Å²) in [5.74, 6) is 1.15. The van der Waals surface area contributed by atoms with Gasteiger partial charge in [0.2, 0.25) is 0 Å². The molecule has 7 nitrogen and oxygen atoms in total. The minimum absolute atomic E-state index is 0.0912. The molecule has 0 unspecified atom stereocenters. The fraction of sp³-hybridized carbons (Fsp3) is 0.286. The van der Waals surface area contributed by atoms with E-state index in [2.05, 4.69) is 20.9 Å². The van der Waals surface area contributed by atoms with Crippen molar-refractivity contribution in [3.63, 3.8) is 0 Å². The topological polar surface area (TPSA) is 90.7 Å². The van der Waals surface area contributed by atoms with Crippen LogP contribution < -0.4 is 15.0 Å². The van der Waals surface area contributed by atoms with Crippen molar-refractivity contribution in [2.45, 2.75) is 24.7 Å². The number of halogens is 1. The standard InChI is InChI=1S/C21H19BrN2O5S/c1-12(25)10-24-20(27)15-9-14(22)3-4-16(15)23-21(24)30-11-17(26)13-2-5-18-19(8-13)29-7-6-28-18/h2-5,8-9,12,25H,6-7,10-11H2,1H3/t12-/m0/s1. The second-order valence-electron chi connectivity index (χ2n) is 6.89. The summed E-state index contributed by atoms with van der Waals surface area (Å²) < 4.78 is 13.2. The summed E-state index contributed by atoms with van der Waals surface area (Å²) in [7, 11) is 0. The third-order valence-corrected chi connectivity index (χ3v) is 5.99. The largest absolute Gasteiger partial charge is 0.486 e. The van der Waals surface area contributed by atoms with Crippen molar-refractivity contribution in [2.24, 2.45) is 0 Å². The monoisotopic (exact) mass is 490 g/mol. The van der Waals surface area contributed by atoms with Crippen LogP contribution in [-0.4, -0.2) is 45.5 Å². The van der Waals surface area contributed by atoms with Crippen molar-refractivity contribution < 1.29 is 19.4 Å². The number of aliphatic hydroxyl groups is 1. The summed E-state index contributed by atoms with van der Waals surface area (Å²) in [6, 6.07) is 10.4. The summed E-state index contributed by atoms with van der Waals surface area (Å²) in [5, 5.41) is 10.7. The van der Waals surface area contributed by atoms with Crippen LogP contribution in [-0.2, 0) is 6.54 Å². The average molecular weight is 491 g/mol. The highest BCUT2D eigenvalue weighted by molar-refractivity contribution is 9.10. The molecule has 0 amide bonds. The van der Waals surface area contributed by atoms with Crippen LogP contribution in [0, 0.1) is 0 Å². The number of nitrogens with zero attached hydrogens (tertiary/aromatic N) is 2. The van der Waals surface area contributed by atoms with Crippen LogP contribution >= 0.6 is 27.7 Å². The van der Waals surface area contributed by atoms with Crippen LogP contribution in [0.4, 0.5) is 0 Å². The van der Waals surface area contributed by atoms with Crippen LogP contribution in [0.3, 0.4) is 0 Å². The lowest BCUT2D eigenvalue weighted by Crippen LogP contribution is -2.28. The lowest BCUT2D eigenvalue weighted by atomic mass is 10.1. The number of fused-ring (bicyclic) bond motifs is 2. The van der Waals surface area contributed by atoms with Gasteiger partial charge in [-0.15, -0.1) is 0 Å². The zero-order valence-electron chi connectivity index (χ0n) is 16.1. The number of hydrogen-bond acceptors (Lipinski definition) is 7. The molecule has 156 valence electrons. The second-order valence-corrected chi connectivity index (χ2v) is 8.75. The number of aliphatic hydroxyl groups excluding tert-OH is 1. The summed E-state index contributed by atoms with van der Waals surface area (Å²) in [4.78, 5) is 30.3. The van der Waals surface area contributed by atoms with Gasteiger partial charge in [0.05, 0.1) is 29.3 Å². The molecule has 2 heterocycles. The number of rotatable bonds is 6. The third-order valence-electron chi connectivity index (χ3n) is 4.52. The van der Waals surface area contributed by atoms with Crippen LogP contribution in [0.1, 0.15) is 17.3 Å². The maximum Gasteiger partial charge on any atom is 0.262 e. The Hall–Kier alpha value is -2.36. The van der Waals surface area contributed by atoms with E-state index >= 15 is 0 Å². The van der Waals surface area contributed by atoms with E-state index in [0.717, 1.165) is 4.47 Å². The first-order chi connectivity index (χ1) is 14.4. The maximum atomic E-state index is 13.0. The Balaban J connectivity index is 1.62. The van der Waals surface area contributed by atoms with Gasteiger partial charge in [-0.2, -0.15) is 0 Å². The van der Waals surface area contributed by atoms with Gasteiger partial charge in [0.15, 0.2) is 22.4 Å². The normalized spacial score (nSPS) is 14.0. The molecule has 0 aliphatic carbocycles.